The fourth-order valence-electron chi connectivity index (χ4n) is 3.09. The average molecular weight is 359 g/mol. The molecule has 0 spiro atoms. The zero-order valence-electron chi connectivity index (χ0n) is 14.9. The number of fused-ring (bicyclic) bond motifs is 1. The Hall–Kier alpha value is -3.67. The van der Waals surface area contributed by atoms with Crippen molar-refractivity contribution in [2.75, 3.05) is 7.11 Å². The Kier molecular flexibility index (Phi) is 4.08. The van der Waals surface area contributed by atoms with Gasteiger partial charge in [-0.2, -0.15) is 0 Å². The third-order valence-corrected chi connectivity index (χ3v) is 4.52. The van der Waals surface area contributed by atoms with E-state index in [0.717, 1.165) is 22.5 Å². The summed E-state index contributed by atoms with van der Waals surface area (Å²) in [5.41, 5.74) is 5.04. The molecular weight excluding hydrogens is 342 g/mol. The van der Waals surface area contributed by atoms with Crippen molar-refractivity contribution in [1.82, 2.24) is 9.78 Å². The second-order valence-corrected chi connectivity index (χ2v) is 6.20. The summed E-state index contributed by atoms with van der Waals surface area (Å²) in [5, 5.41) is 3.09. The number of nitrogens with one attached hydrogen (secondary N) is 1. The van der Waals surface area contributed by atoms with E-state index in [-0.39, 0.29) is 5.56 Å². The van der Waals surface area contributed by atoms with Gasteiger partial charge >= 0.3 is 5.97 Å². The second-order valence-electron chi connectivity index (χ2n) is 6.20. The van der Waals surface area contributed by atoms with Crippen LogP contribution in [0.3, 0.4) is 0 Å². The molecule has 0 fully saturated rings. The van der Waals surface area contributed by atoms with Gasteiger partial charge in [0.05, 0.1) is 29.6 Å². The minimum absolute atomic E-state index is 0.163. The smallest absolute Gasteiger partial charge is 0.337 e. The number of allylic oxidation sites excluding steroid dienone is 1. The summed E-state index contributed by atoms with van der Waals surface area (Å²) in [6, 6.07) is 14.5. The van der Waals surface area contributed by atoms with Crippen LogP contribution in [0.1, 0.15) is 27.2 Å². The lowest BCUT2D eigenvalue weighted by atomic mass is 10.0. The molecule has 0 aliphatic carbocycles. The number of hydrogen-bond donors (Lipinski definition) is 1. The molecule has 6 nitrogen and oxygen atoms in total. The Bertz CT molecular complexity index is 1150. The summed E-state index contributed by atoms with van der Waals surface area (Å²) in [6.45, 7) is 1.85. The highest BCUT2D eigenvalue weighted by Gasteiger charge is 2.16. The summed E-state index contributed by atoms with van der Waals surface area (Å²) >= 11 is 0. The number of rotatable bonds is 3. The lowest BCUT2D eigenvalue weighted by Crippen LogP contribution is -2.16. The molecular formula is C21H17N3O3. The van der Waals surface area contributed by atoms with Crippen molar-refractivity contribution in [2.45, 2.75) is 6.92 Å². The van der Waals surface area contributed by atoms with Crippen LogP contribution in [0.4, 0.5) is 5.69 Å². The van der Waals surface area contributed by atoms with Crippen LogP contribution < -0.4 is 5.56 Å². The van der Waals surface area contributed by atoms with Crippen LogP contribution in [0.5, 0.6) is 0 Å². The van der Waals surface area contributed by atoms with Crippen LogP contribution in [0, 0.1) is 6.92 Å². The molecule has 0 amide bonds. The molecule has 2 aromatic carbocycles. The largest absolute Gasteiger partial charge is 0.465 e. The van der Waals surface area contributed by atoms with Crippen molar-refractivity contribution in [3.63, 3.8) is 0 Å². The first-order chi connectivity index (χ1) is 13.1. The van der Waals surface area contributed by atoms with E-state index in [4.69, 9.17) is 4.74 Å². The summed E-state index contributed by atoms with van der Waals surface area (Å²) in [5.74, 6) is -0.416. The predicted octanol–water partition coefficient (Wildman–Crippen LogP) is 3.52. The summed E-state index contributed by atoms with van der Waals surface area (Å²) in [4.78, 5) is 28.9. The molecule has 134 valence electrons. The molecule has 0 atom stereocenters. The molecule has 1 aromatic heterocycles. The van der Waals surface area contributed by atoms with Gasteiger partial charge in [0.15, 0.2) is 0 Å². The Morgan fingerprint density at radius 1 is 1.15 bits per heavy atom. The number of hydrogen-bond acceptors (Lipinski definition) is 4. The van der Waals surface area contributed by atoms with Gasteiger partial charge in [0.2, 0.25) is 0 Å². The van der Waals surface area contributed by atoms with E-state index >= 15 is 0 Å². The maximum absolute atomic E-state index is 12.9. The third-order valence-electron chi connectivity index (χ3n) is 4.52. The standard InChI is InChI=1S/C21H17N3O3/c1-13-18(11-15-12-22-19-6-4-3-5-17(15)19)20(25)24(23-13)16-9-7-14(8-10-16)21(26)27-2/h3-12,23H,1-2H3/b15-11+. The van der Waals surface area contributed by atoms with E-state index in [1.54, 1.807) is 30.5 Å². The number of aromatic nitrogens is 2. The third kappa shape index (κ3) is 2.91. The van der Waals surface area contributed by atoms with Gasteiger partial charge in [-0.05, 0) is 43.3 Å². The number of aliphatic imine (C=N–C) groups is 1. The number of ether oxygens (including phenoxy) is 1. The maximum Gasteiger partial charge on any atom is 0.337 e. The first kappa shape index (κ1) is 16.8. The summed E-state index contributed by atoms with van der Waals surface area (Å²) in [7, 11) is 1.33. The number of carbonyl (C=O) groups excluding carboxylic acids is 1. The molecule has 0 unspecified atom stereocenters. The summed E-state index contributed by atoms with van der Waals surface area (Å²) in [6.07, 6.45) is 3.62. The van der Waals surface area contributed by atoms with Crippen molar-refractivity contribution >= 4 is 29.5 Å². The first-order valence-electron chi connectivity index (χ1n) is 8.44. The predicted molar refractivity (Wildman–Crippen MR) is 105 cm³/mol. The van der Waals surface area contributed by atoms with Gasteiger partial charge in [0.1, 0.15) is 0 Å². The fraction of sp³-hybridized carbons (Fsp3) is 0.0952. The lowest BCUT2D eigenvalue weighted by molar-refractivity contribution is 0.0600. The molecule has 3 aromatic rings. The Morgan fingerprint density at radius 2 is 1.89 bits per heavy atom. The molecule has 0 bridgehead atoms. The van der Waals surface area contributed by atoms with Crippen molar-refractivity contribution < 1.29 is 9.53 Å². The van der Waals surface area contributed by atoms with E-state index in [1.165, 1.54) is 11.8 Å². The molecule has 6 heteroatoms. The van der Waals surface area contributed by atoms with E-state index in [9.17, 15) is 9.59 Å². The van der Waals surface area contributed by atoms with Crippen LogP contribution >= 0.6 is 0 Å². The molecule has 27 heavy (non-hydrogen) atoms. The molecule has 1 N–H and O–H groups in total. The number of esters is 1. The Labute approximate surface area is 155 Å². The van der Waals surface area contributed by atoms with Gasteiger partial charge < -0.3 is 4.74 Å². The number of benzene rings is 2. The van der Waals surface area contributed by atoms with E-state index < -0.39 is 5.97 Å². The summed E-state index contributed by atoms with van der Waals surface area (Å²) < 4.78 is 6.16. The Balaban J connectivity index is 1.73. The monoisotopic (exact) mass is 359 g/mol. The maximum atomic E-state index is 12.9. The van der Waals surface area contributed by atoms with Crippen LogP contribution in [-0.4, -0.2) is 29.1 Å². The highest BCUT2D eigenvalue weighted by molar-refractivity contribution is 6.21. The van der Waals surface area contributed by atoms with Gasteiger partial charge in [-0.25, -0.2) is 9.48 Å². The number of carbonyl (C=O) groups is 1. The zero-order chi connectivity index (χ0) is 19.0. The Morgan fingerprint density at radius 3 is 2.63 bits per heavy atom. The van der Waals surface area contributed by atoms with Crippen molar-refractivity contribution in [3.8, 4) is 5.69 Å². The number of methoxy groups -OCH3 is 1. The zero-order valence-corrected chi connectivity index (χ0v) is 14.9. The number of nitrogens with zero attached hydrogens (tertiary/aromatic N) is 2. The number of para-hydroxylation sites is 1. The molecule has 1 aliphatic heterocycles. The van der Waals surface area contributed by atoms with Gasteiger partial charge in [-0.15, -0.1) is 0 Å². The SMILES string of the molecule is COC(=O)c1ccc(-n2[nH]c(C)c(/C=C3\C=Nc4ccccc43)c2=O)cc1. The quantitative estimate of drug-likeness (QED) is 0.727. The van der Waals surface area contributed by atoms with Crippen molar-refractivity contribution in [1.29, 1.82) is 0 Å². The van der Waals surface area contributed by atoms with E-state index in [0.29, 0.717) is 16.8 Å². The number of aryl methyl sites for hydroxylation is 1. The van der Waals surface area contributed by atoms with Crippen LogP contribution in [-0.2, 0) is 4.74 Å². The van der Waals surface area contributed by atoms with Crippen molar-refractivity contribution in [3.05, 3.63) is 81.3 Å². The second kappa shape index (κ2) is 6.57. The van der Waals surface area contributed by atoms with Gasteiger partial charge in [0.25, 0.3) is 5.56 Å². The minimum Gasteiger partial charge on any atom is -0.465 e. The normalized spacial score (nSPS) is 13.8. The van der Waals surface area contributed by atoms with Crippen molar-refractivity contribution in [2.24, 2.45) is 4.99 Å². The first-order valence-corrected chi connectivity index (χ1v) is 8.44. The molecule has 2 heterocycles. The van der Waals surface area contributed by atoms with Gasteiger partial charge in [-0.1, -0.05) is 18.2 Å². The van der Waals surface area contributed by atoms with E-state index in [2.05, 4.69) is 10.1 Å². The minimum atomic E-state index is -0.416. The van der Waals surface area contributed by atoms with E-state index in [1.807, 2.05) is 37.3 Å². The van der Waals surface area contributed by atoms with Gasteiger partial charge in [0, 0.05) is 23.0 Å². The highest BCUT2D eigenvalue weighted by atomic mass is 16.5. The van der Waals surface area contributed by atoms with Gasteiger partial charge in [-0.3, -0.25) is 14.9 Å². The highest BCUT2D eigenvalue weighted by Crippen LogP contribution is 2.32. The molecule has 0 saturated heterocycles. The number of aromatic amines is 1. The lowest BCUT2D eigenvalue weighted by Gasteiger charge is -2.03. The molecule has 4 rings (SSSR count). The van der Waals surface area contributed by atoms with Crippen LogP contribution in [0.2, 0.25) is 0 Å². The molecule has 0 saturated carbocycles. The number of H-pyrrole nitrogens is 1. The molecule has 0 radical (unpaired) electrons. The average Bonchev–Trinajstić information content (AvgIpc) is 3.24. The van der Waals surface area contributed by atoms with Crippen LogP contribution in [0.15, 0.2) is 58.3 Å². The van der Waals surface area contributed by atoms with Crippen LogP contribution in [0.25, 0.3) is 17.3 Å². The topological polar surface area (TPSA) is 76.4 Å². The fourth-order valence-corrected chi connectivity index (χ4v) is 3.09. The molecule has 1 aliphatic rings.